The van der Waals surface area contributed by atoms with Crippen LogP contribution in [0.3, 0.4) is 0 Å². The van der Waals surface area contributed by atoms with Crippen molar-refractivity contribution in [1.82, 2.24) is 9.97 Å². The molecule has 0 radical (unpaired) electrons. The number of nitrogen functional groups attached to an aromatic ring is 1. The zero-order valence-electron chi connectivity index (χ0n) is 8.85. The maximum Gasteiger partial charge on any atom is 0.156 e. The van der Waals surface area contributed by atoms with Gasteiger partial charge in [-0.2, -0.15) is 0 Å². The molecule has 0 spiro atoms. The fourth-order valence-electron chi connectivity index (χ4n) is 2.00. The Bertz CT molecular complexity index is 310. The Morgan fingerprint density at radius 3 is 2.67 bits per heavy atom. The second kappa shape index (κ2) is 5.35. The molecule has 1 heterocycles. The first-order chi connectivity index (χ1) is 7.36. The molecule has 15 heavy (non-hydrogen) atoms. The van der Waals surface area contributed by atoms with Gasteiger partial charge < -0.3 is 5.73 Å². The van der Waals surface area contributed by atoms with Crippen LogP contribution in [0.1, 0.15) is 32.1 Å². The molecule has 1 saturated carbocycles. The van der Waals surface area contributed by atoms with E-state index in [2.05, 4.69) is 9.97 Å². The van der Waals surface area contributed by atoms with Gasteiger partial charge in [-0.25, -0.2) is 9.97 Å². The van der Waals surface area contributed by atoms with Gasteiger partial charge >= 0.3 is 0 Å². The van der Waals surface area contributed by atoms with E-state index in [0.717, 1.165) is 16.7 Å². The lowest BCUT2D eigenvalue weighted by atomic mass is 9.91. The van der Waals surface area contributed by atoms with Gasteiger partial charge in [-0.3, -0.25) is 0 Å². The number of rotatable bonds is 3. The van der Waals surface area contributed by atoms with Gasteiger partial charge in [-0.15, -0.1) is 11.8 Å². The molecule has 3 nitrogen and oxygen atoms in total. The molecule has 0 aromatic carbocycles. The minimum atomic E-state index is 0.568. The number of hydrogen-bond acceptors (Lipinski definition) is 4. The molecule has 1 aliphatic carbocycles. The zero-order chi connectivity index (χ0) is 10.5. The van der Waals surface area contributed by atoms with Crippen LogP contribution in [0, 0.1) is 5.92 Å². The number of hydrogen-bond donors (Lipinski definition) is 1. The molecule has 0 atom stereocenters. The average molecular weight is 223 g/mol. The fourth-order valence-corrected chi connectivity index (χ4v) is 3.06. The van der Waals surface area contributed by atoms with Gasteiger partial charge in [-0.1, -0.05) is 19.3 Å². The van der Waals surface area contributed by atoms with E-state index in [9.17, 15) is 0 Å². The van der Waals surface area contributed by atoms with Crippen molar-refractivity contribution in [2.75, 3.05) is 11.5 Å². The molecule has 0 saturated heterocycles. The van der Waals surface area contributed by atoms with E-state index in [0.29, 0.717) is 5.82 Å². The van der Waals surface area contributed by atoms with Gasteiger partial charge in [-0.05, 0) is 18.8 Å². The van der Waals surface area contributed by atoms with Gasteiger partial charge in [0.2, 0.25) is 0 Å². The topological polar surface area (TPSA) is 51.8 Å². The van der Waals surface area contributed by atoms with Gasteiger partial charge in [0.1, 0.15) is 5.03 Å². The highest BCUT2D eigenvalue weighted by Gasteiger charge is 2.14. The summed E-state index contributed by atoms with van der Waals surface area (Å²) in [6.07, 6.45) is 10.3. The molecule has 0 amide bonds. The van der Waals surface area contributed by atoms with Crippen LogP contribution in [-0.4, -0.2) is 15.7 Å². The molecule has 82 valence electrons. The van der Waals surface area contributed by atoms with Crippen LogP contribution < -0.4 is 5.73 Å². The minimum Gasteiger partial charge on any atom is -0.381 e. The van der Waals surface area contributed by atoms with Crippen LogP contribution in [0.2, 0.25) is 0 Å². The lowest BCUT2D eigenvalue weighted by Gasteiger charge is -2.20. The van der Waals surface area contributed by atoms with E-state index in [1.807, 2.05) is 0 Å². The average Bonchev–Trinajstić information content (AvgIpc) is 2.29. The predicted molar refractivity (Wildman–Crippen MR) is 63.7 cm³/mol. The highest BCUT2D eigenvalue weighted by atomic mass is 32.2. The van der Waals surface area contributed by atoms with E-state index in [4.69, 9.17) is 5.73 Å². The summed E-state index contributed by atoms with van der Waals surface area (Å²) in [7, 11) is 0. The van der Waals surface area contributed by atoms with E-state index >= 15 is 0 Å². The molecule has 4 heteroatoms. The monoisotopic (exact) mass is 223 g/mol. The molecule has 1 aromatic rings. The Kier molecular flexibility index (Phi) is 3.83. The maximum atomic E-state index is 5.74. The first kappa shape index (κ1) is 10.7. The molecule has 1 aromatic heterocycles. The Labute approximate surface area is 94.9 Å². The molecular formula is C11H17N3S. The number of anilines is 1. The molecule has 1 fully saturated rings. The summed E-state index contributed by atoms with van der Waals surface area (Å²) in [5.74, 6) is 2.56. The van der Waals surface area contributed by atoms with Crippen molar-refractivity contribution in [2.45, 2.75) is 37.1 Å². The van der Waals surface area contributed by atoms with Crippen molar-refractivity contribution in [3.8, 4) is 0 Å². The quantitative estimate of drug-likeness (QED) is 0.800. The first-order valence-electron chi connectivity index (χ1n) is 5.55. The summed E-state index contributed by atoms with van der Waals surface area (Å²) in [5.41, 5.74) is 5.74. The van der Waals surface area contributed by atoms with Crippen molar-refractivity contribution in [1.29, 1.82) is 0 Å². The summed E-state index contributed by atoms with van der Waals surface area (Å²) in [6.45, 7) is 0. The number of thioether (sulfide) groups is 1. The molecular weight excluding hydrogens is 206 g/mol. The van der Waals surface area contributed by atoms with Crippen molar-refractivity contribution >= 4 is 17.6 Å². The Morgan fingerprint density at radius 1 is 1.20 bits per heavy atom. The first-order valence-corrected chi connectivity index (χ1v) is 6.54. The van der Waals surface area contributed by atoms with Gasteiger partial charge in [0.15, 0.2) is 5.82 Å². The zero-order valence-corrected chi connectivity index (χ0v) is 9.67. The highest BCUT2D eigenvalue weighted by Crippen LogP contribution is 2.30. The summed E-state index contributed by atoms with van der Waals surface area (Å²) >= 11 is 1.75. The van der Waals surface area contributed by atoms with Gasteiger partial charge in [0.25, 0.3) is 0 Å². The van der Waals surface area contributed by atoms with Crippen LogP contribution in [0.25, 0.3) is 0 Å². The molecule has 0 aliphatic heterocycles. The van der Waals surface area contributed by atoms with Crippen LogP contribution in [0.4, 0.5) is 5.82 Å². The van der Waals surface area contributed by atoms with Gasteiger partial charge in [0.05, 0.1) is 0 Å². The minimum absolute atomic E-state index is 0.568. The van der Waals surface area contributed by atoms with Crippen LogP contribution in [-0.2, 0) is 0 Å². The number of aromatic nitrogens is 2. The Morgan fingerprint density at radius 2 is 1.93 bits per heavy atom. The van der Waals surface area contributed by atoms with Crippen LogP contribution in [0.15, 0.2) is 17.4 Å². The van der Waals surface area contributed by atoms with Crippen LogP contribution >= 0.6 is 11.8 Å². The third-order valence-corrected chi connectivity index (χ3v) is 4.10. The van der Waals surface area contributed by atoms with E-state index in [-0.39, 0.29) is 0 Å². The second-order valence-corrected chi connectivity index (χ2v) is 5.07. The van der Waals surface area contributed by atoms with Crippen molar-refractivity contribution in [3.05, 3.63) is 12.4 Å². The molecule has 2 rings (SSSR count). The largest absolute Gasteiger partial charge is 0.381 e. The van der Waals surface area contributed by atoms with E-state index in [1.54, 1.807) is 24.2 Å². The van der Waals surface area contributed by atoms with Crippen molar-refractivity contribution < 1.29 is 0 Å². The summed E-state index contributed by atoms with van der Waals surface area (Å²) in [5, 5.41) is 0.892. The summed E-state index contributed by atoms with van der Waals surface area (Å²) in [4.78, 5) is 8.28. The number of nitrogens with zero attached hydrogens (tertiary/aromatic N) is 2. The predicted octanol–water partition coefficient (Wildman–Crippen LogP) is 2.73. The maximum absolute atomic E-state index is 5.74. The normalized spacial score (nSPS) is 17.9. The molecule has 0 unspecified atom stereocenters. The molecule has 2 N–H and O–H groups in total. The van der Waals surface area contributed by atoms with Gasteiger partial charge in [0, 0.05) is 18.1 Å². The molecule has 1 aliphatic rings. The number of nitrogens with two attached hydrogens (primary N) is 1. The lowest BCUT2D eigenvalue weighted by molar-refractivity contribution is 0.391. The standard InChI is InChI=1S/C11H17N3S/c12-10-11(14-7-6-13-10)15-8-9-4-2-1-3-5-9/h6-7,9H,1-5,8H2,(H2,12,13). The Hall–Kier alpha value is -0.770. The third-order valence-electron chi connectivity index (χ3n) is 2.87. The van der Waals surface area contributed by atoms with Crippen molar-refractivity contribution in [2.24, 2.45) is 5.92 Å². The van der Waals surface area contributed by atoms with Crippen LogP contribution in [0.5, 0.6) is 0 Å². The third kappa shape index (κ3) is 3.09. The summed E-state index contributed by atoms with van der Waals surface area (Å²) in [6, 6.07) is 0. The SMILES string of the molecule is Nc1nccnc1SCC1CCCCC1. The van der Waals surface area contributed by atoms with E-state index in [1.165, 1.54) is 32.1 Å². The second-order valence-electron chi connectivity index (χ2n) is 4.06. The van der Waals surface area contributed by atoms with Crippen molar-refractivity contribution in [3.63, 3.8) is 0 Å². The smallest absolute Gasteiger partial charge is 0.156 e. The lowest BCUT2D eigenvalue weighted by Crippen LogP contribution is -2.09. The summed E-state index contributed by atoms with van der Waals surface area (Å²) < 4.78 is 0. The highest BCUT2D eigenvalue weighted by molar-refractivity contribution is 7.99. The van der Waals surface area contributed by atoms with E-state index < -0.39 is 0 Å². The fraction of sp³-hybridized carbons (Fsp3) is 0.636. The Balaban J connectivity index is 1.84. The molecule has 0 bridgehead atoms.